The van der Waals surface area contributed by atoms with E-state index >= 15 is 0 Å². The standard InChI is InChI=1S/C17H11F2N3O/c18-12-3-4-13(14(19)8-12)16(9-20)22-17(23)11-2-1-10-5-6-21-15(10)7-11/h1-8,16,21H,(H,22,23)/t16-/m0/s1. The third-order valence-corrected chi connectivity index (χ3v) is 3.50. The van der Waals surface area contributed by atoms with Crippen molar-refractivity contribution >= 4 is 16.8 Å². The molecule has 0 bridgehead atoms. The van der Waals surface area contributed by atoms with Crippen LogP contribution >= 0.6 is 0 Å². The van der Waals surface area contributed by atoms with Crippen molar-refractivity contribution in [2.45, 2.75) is 6.04 Å². The Morgan fingerprint density at radius 2 is 2.00 bits per heavy atom. The highest BCUT2D eigenvalue weighted by atomic mass is 19.1. The number of benzene rings is 2. The smallest absolute Gasteiger partial charge is 0.252 e. The van der Waals surface area contributed by atoms with Crippen molar-refractivity contribution in [2.75, 3.05) is 0 Å². The van der Waals surface area contributed by atoms with E-state index < -0.39 is 23.6 Å². The molecule has 2 aromatic carbocycles. The van der Waals surface area contributed by atoms with Gasteiger partial charge in [0.15, 0.2) is 0 Å². The zero-order valence-corrected chi connectivity index (χ0v) is 11.8. The molecule has 0 fully saturated rings. The SMILES string of the molecule is N#C[C@H](NC(=O)c1ccc2cc[nH]c2c1)c1ccc(F)cc1F. The average Bonchev–Trinajstić information content (AvgIpc) is 3.00. The Kier molecular flexibility index (Phi) is 3.77. The van der Waals surface area contributed by atoms with Crippen LogP contribution in [0.2, 0.25) is 0 Å². The summed E-state index contributed by atoms with van der Waals surface area (Å²) in [6.07, 6.45) is 1.75. The lowest BCUT2D eigenvalue weighted by Crippen LogP contribution is -2.28. The van der Waals surface area contributed by atoms with Gasteiger partial charge in [0.2, 0.25) is 0 Å². The number of aromatic nitrogens is 1. The first-order valence-electron chi connectivity index (χ1n) is 6.81. The zero-order valence-electron chi connectivity index (χ0n) is 11.8. The topological polar surface area (TPSA) is 68.7 Å². The number of fused-ring (bicyclic) bond motifs is 1. The molecule has 4 nitrogen and oxygen atoms in total. The highest BCUT2D eigenvalue weighted by molar-refractivity contribution is 5.98. The summed E-state index contributed by atoms with van der Waals surface area (Å²) >= 11 is 0. The van der Waals surface area contributed by atoms with E-state index in [9.17, 15) is 18.8 Å². The molecule has 3 rings (SSSR count). The molecule has 1 atom stereocenters. The molecule has 1 aromatic heterocycles. The number of hydrogen-bond acceptors (Lipinski definition) is 2. The Labute approximate surface area is 130 Å². The van der Waals surface area contributed by atoms with Gasteiger partial charge in [-0.15, -0.1) is 0 Å². The van der Waals surface area contributed by atoms with Crippen molar-refractivity contribution in [3.8, 4) is 6.07 Å². The van der Waals surface area contributed by atoms with E-state index in [0.717, 1.165) is 23.0 Å². The van der Waals surface area contributed by atoms with Gasteiger partial charge in [0.05, 0.1) is 6.07 Å². The normalized spacial score (nSPS) is 11.9. The minimum absolute atomic E-state index is 0.0804. The van der Waals surface area contributed by atoms with Crippen molar-refractivity contribution in [1.29, 1.82) is 5.26 Å². The zero-order chi connectivity index (χ0) is 16.4. The summed E-state index contributed by atoms with van der Waals surface area (Å²) in [7, 11) is 0. The van der Waals surface area contributed by atoms with E-state index in [2.05, 4.69) is 10.3 Å². The Hall–Kier alpha value is -3.20. The number of amides is 1. The summed E-state index contributed by atoms with van der Waals surface area (Å²) in [4.78, 5) is 15.2. The van der Waals surface area contributed by atoms with Gasteiger partial charge in [0.25, 0.3) is 5.91 Å². The summed E-state index contributed by atoms with van der Waals surface area (Å²) in [5.74, 6) is -2.14. The van der Waals surface area contributed by atoms with E-state index in [-0.39, 0.29) is 5.56 Å². The van der Waals surface area contributed by atoms with Gasteiger partial charge in [-0.25, -0.2) is 8.78 Å². The Bertz CT molecular complexity index is 927. The Balaban J connectivity index is 1.86. The van der Waals surface area contributed by atoms with Crippen LogP contribution in [0.4, 0.5) is 8.78 Å². The van der Waals surface area contributed by atoms with Gasteiger partial charge in [0.1, 0.15) is 17.7 Å². The van der Waals surface area contributed by atoms with E-state index in [1.54, 1.807) is 24.4 Å². The number of nitriles is 1. The molecule has 0 unspecified atom stereocenters. The lowest BCUT2D eigenvalue weighted by atomic mass is 10.1. The fourth-order valence-electron chi connectivity index (χ4n) is 2.32. The molecule has 0 spiro atoms. The van der Waals surface area contributed by atoms with E-state index in [4.69, 9.17) is 0 Å². The van der Waals surface area contributed by atoms with Gasteiger partial charge < -0.3 is 10.3 Å². The third kappa shape index (κ3) is 2.90. The number of carbonyl (C=O) groups is 1. The molecule has 1 amide bonds. The Morgan fingerprint density at radius 1 is 1.17 bits per heavy atom. The van der Waals surface area contributed by atoms with Crippen molar-refractivity contribution < 1.29 is 13.6 Å². The van der Waals surface area contributed by atoms with E-state index in [1.165, 1.54) is 0 Å². The minimum Gasteiger partial charge on any atom is -0.361 e. The summed E-state index contributed by atoms with van der Waals surface area (Å²) in [6.45, 7) is 0. The predicted molar refractivity (Wildman–Crippen MR) is 80.5 cm³/mol. The molecule has 23 heavy (non-hydrogen) atoms. The second-order valence-electron chi connectivity index (χ2n) is 4.98. The molecular formula is C17H11F2N3O. The predicted octanol–water partition coefficient (Wildman–Crippen LogP) is 3.44. The lowest BCUT2D eigenvalue weighted by molar-refractivity contribution is 0.0945. The summed E-state index contributed by atoms with van der Waals surface area (Å²) in [6, 6.07) is 10.3. The number of hydrogen-bond donors (Lipinski definition) is 2. The number of aromatic amines is 1. The quantitative estimate of drug-likeness (QED) is 0.778. The van der Waals surface area contributed by atoms with E-state index in [0.29, 0.717) is 11.6 Å². The summed E-state index contributed by atoms with van der Waals surface area (Å²) < 4.78 is 26.7. The number of carbonyl (C=O) groups excluding carboxylic acids is 1. The highest BCUT2D eigenvalue weighted by Crippen LogP contribution is 2.19. The summed E-state index contributed by atoms with van der Waals surface area (Å²) in [5, 5.41) is 12.6. The van der Waals surface area contributed by atoms with Crippen molar-refractivity contribution in [3.05, 3.63) is 71.4 Å². The number of nitrogens with zero attached hydrogens (tertiary/aromatic N) is 1. The van der Waals surface area contributed by atoms with Crippen molar-refractivity contribution in [2.24, 2.45) is 0 Å². The fourth-order valence-corrected chi connectivity index (χ4v) is 2.32. The first-order valence-corrected chi connectivity index (χ1v) is 6.81. The Morgan fingerprint density at radius 3 is 2.74 bits per heavy atom. The van der Waals surface area contributed by atoms with Gasteiger partial charge in [-0.2, -0.15) is 5.26 Å². The molecule has 1 heterocycles. The maximum Gasteiger partial charge on any atom is 0.252 e. The van der Waals surface area contributed by atoms with Crippen LogP contribution in [0.5, 0.6) is 0 Å². The van der Waals surface area contributed by atoms with Crippen LogP contribution in [0, 0.1) is 23.0 Å². The number of H-pyrrole nitrogens is 1. The summed E-state index contributed by atoms with van der Waals surface area (Å²) in [5.41, 5.74) is 1.03. The first-order chi connectivity index (χ1) is 11.1. The van der Waals surface area contributed by atoms with Gasteiger partial charge in [0, 0.05) is 28.9 Å². The second-order valence-corrected chi connectivity index (χ2v) is 4.98. The third-order valence-electron chi connectivity index (χ3n) is 3.50. The number of nitrogens with one attached hydrogen (secondary N) is 2. The number of halogens is 2. The van der Waals surface area contributed by atoms with Crippen LogP contribution in [0.15, 0.2) is 48.7 Å². The molecule has 2 N–H and O–H groups in total. The van der Waals surface area contributed by atoms with Gasteiger partial charge in [-0.1, -0.05) is 12.1 Å². The van der Waals surface area contributed by atoms with Gasteiger partial charge >= 0.3 is 0 Å². The molecule has 0 saturated carbocycles. The molecule has 6 heteroatoms. The fraction of sp³-hybridized carbons (Fsp3) is 0.0588. The lowest BCUT2D eigenvalue weighted by Gasteiger charge is -2.13. The first kappa shape index (κ1) is 14.7. The van der Waals surface area contributed by atoms with Crippen LogP contribution in [0.25, 0.3) is 10.9 Å². The minimum atomic E-state index is -1.21. The van der Waals surface area contributed by atoms with Crippen molar-refractivity contribution in [1.82, 2.24) is 10.3 Å². The average molecular weight is 311 g/mol. The molecule has 3 aromatic rings. The molecule has 0 aliphatic carbocycles. The van der Waals surface area contributed by atoms with Crippen LogP contribution in [0.3, 0.4) is 0 Å². The van der Waals surface area contributed by atoms with Crippen LogP contribution in [0.1, 0.15) is 22.0 Å². The van der Waals surface area contributed by atoms with Crippen LogP contribution in [-0.2, 0) is 0 Å². The molecule has 0 saturated heterocycles. The number of rotatable bonds is 3. The van der Waals surface area contributed by atoms with E-state index in [1.807, 2.05) is 12.1 Å². The molecule has 0 aliphatic heterocycles. The van der Waals surface area contributed by atoms with Crippen LogP contribution in [-0.4, -0.2) is 10.9 Å². The van der Waals surface area contributed by atoms with Crippen LogP contribution < -0.4 is 5.32 Å². The van der Waals surface area contributed by atoms with Crippen molar-refractivity contribution in [3.63, 3.8) is 0 Å². The maximum absolute atomic E-state index is 13.8. The molecule has 114 valence electrons. The van der Waals surface area contributed by atoms with Gasteiger partial charge in [-0.05, 0) is 29.7 Å². The maximum atomic E-state index is 13.8. The monoisotopic (exact) mass is 311 g/mol. The second kappa shape index (κ2) is 5.89. The largest absolute Gasteiger partial charge is 0.361 e. The molecule has 0 aliphatic rings. The highest BCUT2D eigenvalue weighted by Gasteiger charge is 2.19. The molecular weight excluding hydrogens is 300 g/mol. The molecule has 0 radical (unpaired) electrons. The van der Waals surface area contributed by atoms with Gasteiger partial charge in [-0.3, -0.25) is 4.79 Å².